The first kappa shape index (κ1) is 8.95. The molecule has 0 amide bonds. The van der Waals surface area contributed by atoms with Crippen molar-refractivity contribution < 1.29 is 4.74 Å². The summed E-state index contributed by atoms with van der Waals surface area (Å²) in [6.45, 7) is 0.870. The van der Waals surface area contributed by atoms with Gasteiger partial charge in [0.2, 0.25) is 0 Å². The topological polar surface area (TPSA) is 9.23 Å². The zero-order chi connectivity index (χ0) is 8.93. The second kappa shape index (κ2) is 4.56. The van der Waals surface area contributed by atoms with Gasteiger partial charge in [-0.25, -0.2) is 0 Å². The second-order valence-corrected chi connectivity index (χ2v) is 4.67. The molecule has 1 heterocycles. The highest BCUT2D eigenvalue weighted by molar-refractivity contribution is 8.00. The van der Waals surface area contributed by atoms with Crippen LogP contribution in [0.5, 0.6) is 5.75 Å². The van der Waals surface area contributed by atoms with Crippen molar-refractivity contribution in [3.05, 3.63) is 30.3 Å². The minimum atomic E-state index is 0.722. The van der Waals surface area contributed by atoms with Crippen LogP contribution in [0, 0.1) is 0 Å². The molecule has 1 atom stereocenters. The quantitative estimate of drug-likeness (QED) is 0.731. The molecule has 0 aromatic heterocycles. The third-order valence-corrected chi connectivity index (χ3v) is 3.57. The van der Waals surface area contributed by atoms with Crippen molar-refractivity contribution in [1.82, 2.24) is 0 Å². The van der Waals surface area contributed by atoms with E-state index in [2.05, 4.69) is 0 Å². The van der Waals surface area contributed by atoms with Crippen LogP contribution in [0.3, 0.4) is 0 Å². The Morgan fingerprint density at radius 2 is 2.15 bits per heavy atom. The van der Waals surface area contributed by atoms with Gasteiger partial charge in [-0.2, -0.15) is 11.8 Å². The lowest BCUT2D eigenvalue weighted by atomic mass is 10.3. The number of hydrogen-bond acceptors (Lipinski definition) is 2. The molecular weight excluding hydrogens is 180 g/mol. The number of ether oxygens (including phenoxy) is 1. The number of benzene rings is 1. The van der Waals surface area contributed by atoms with Crippen LogP contribution in [0.2, 0.25) is 0 Å². The van der Waals surface area contributed by atoms with Gasteiger partial charge in [-0.05, 0) is 30.7 Å². The van der Waals surface area contributed by atoms with E-state index in [1.54, 1.807) is 0 Å². The van der Waals surface area contributed by atoms with Crippen molar-refractivity contribution in [1.29, 1.82) is 0 Å². The van der Waals surface area contributed by atoms with Crippen LogP contribution in [0.15, 0.2) is 30.3 Å². The maximum atomic E-state index is 5.67. The number of para-hydroxylation sites is 1. The maximum Gasteiger partial charge on any atom is 0.119 e. The summed E-state index contributed by atoms with van der Waals surface area (Å²) in [5.41, 5.74) is 0. The third kappa shape index (κ3) is 2.66. The van der Waals surface area contributed by atoms with Crippen molar-refractivity contribution in [2.75, 3.05) is 12.4 Å². The summed E-state index contributed by atoms with van der Waals surface area (Å²) in [6, 6.07) is 10.1. The summed E-state index contributed by atoms with van der Waals surface area (Å²) < 4.78 is 5.67. The van der Waals surface area contributed by atoms with Crippen LogP contribution in [0.25, 0.3) is 0 Å². The fraction of sp³-hybridized carbons (Fsp3) is 0.455. The average Bonchev–Trinajstić information content (AvgIpc) is 2.69. The van der Waals surface area contributed by atoms with Gasteiger partial charge in [-0.15, -0.1) is 0 Å². The van der Waals surface area contributed by atoms with E-state index in [-0.39, 0.29) is 0 Å². The standard InChI is InChI=1S/C11H14OS/c1-2-5-10(6-3-1)12-9-11-7-4-8-13-11/h1-3,5-6,11H,4,7-9H2. The van der Waals surface area contributed by atoms with Crippen molar-refractivity contribution >= 4 is 11.8 Å². The molecule has 1 saturated heterocycles. The zero-order valence-corrected chi connectivity index (χ0v) is 8.43. The van der Waals surface area contributed by atoms with Gasteiger partial charge < -0.3 is 4.74 Å². The summed E-state index contributed by atoms with van der Waals surface area (Å²) in [5.74, 6) is 2.30. The van der Waals surface area contributed by atoms with E-state index in [1.165, 1.54) is 18.6 Å². The Kier molecular flexibility index (Phi) is 3.14. The van der Waals surface area contributed by atoms with Gasteiger partial charge in [-0.1, -0.05) is 18.2 Å². The van der Waals surface area contributed by atoms with E-state index in [0.717, 1.165) is 17.6 Å². The molecule has 0 spiro atoms. The summed E-state index contributed by atoms with van der Waals surface area (Å²) in [7, 11) is 0. The maximum absolute atomic E-state index is 5.67. The molecule has 1 unspecified atom stereocenters. The molecule has 0 N–H and O–H groups in total. The Morgan fingerprint density at radius 3 is 2.85 bits per heavy atom. The van der Waals surface area contributed by atoms with Gasteiger partial charge in [0, 0.05) is 5.25 Å². The lowest BCUT2D eigenvalue weighted by Crippen LogP contribution is -2.10. The molecule has 1 aliphatic heterocycles. The van der Waals surface area contributed by atoms with Crippen molar-refractivity contribution in [3.63, 3.8) is 0 Å². The predicted molar refractivity (Wildman–Crippen MR) is 57.4 cm³/mol. The van der Waals surface area contributed by atoms with Crippen LogP contribution < -0.4 is 4.74 Å². The first-order valence-corrected chi connectivity index (χ1v) is 5.79. The molecule has 2 heteroatoms. The molecular formula is C11H14OS. The number of rotatable bonds is 3. The Labute approximate surface area is 83.5 Å². The second-order valence-electron chi connectivity index (χ2n) is 3.26. The van der Waals surface area contributed by atoms with E-state index in [9.17, 15) is 0 Å². The van der Waals surface area contributed by atoms with Crippen molar-refractivity contribution in [2.24, 2.45) is 0 Å². The molecule has 0 radical (unpaired) electrons. The van der Waals surface area contributed by atoms with Crippen LogP contribution in [-0.2, 0) is 0 Å². The highest BCUT2D eigenvalue weighted by Gasteiger charge is 2.15. The van der Waals surface area contributed by atoms with Gasteiger partial charge in [0.15, 0.2) is 0 Å². The highest BCUT2D eigenvalue weighted by Crippen LogP contribution is 2.26. The summed E-state index contributed by atoms with van der Waals surface area (Å²) in [6.07, 6.45) is 2.67. The summed E-state index contributed by atoms with van der Waals surface area (Å²) >= 11 is 2.04. The molecule has 0 saturated carbocycles. The van der Waals surface area contributed by atoms with Gasteiger partial charge in [0.05, 0.1) is 0 Å². The fourth-order valence-corrected chi connectivity index (χ4v) is 2.65. The van der Waals surface area contributed by atoms with Crippen LogP contribution in [0.1, 0.15) is 12.8 Å². The Hall–Kier alpha value is -0.630. The van der Waals surface area contributed by atoms with E-state index in [0.29, 0.717) is 0 Å². The molecule has 13 heavy (non-hydrogen) atoms. The van der Waals surface area contributed by atoms with Gasteiger partial charge in [0.1, 0.15) is 12.4 Å². The number of thioether (sulfide) groups is 1. The minimum Gasteiger partial charge on any atom is -0.492 e. The molecule has 1 aliphatic rings. The smallest absolute Gasteiger partial charge is 0.119 e. The van der Waals surface area contributed by atoms with E-state index >= 15 is 0 Å². The summed E-state index contributed by atoms with van der Waals surface area (Å²) in [5, 5.41) is 0.722. The first-order chi connectivity index (χ1) is 6.45. The normalized spacial score (nSPS) is 21.7. The van der Waals surface area contributed by atoms with E-state index in [4.69, 9.17) is 4.74 Å². The van der Waals surface area contributed by atoms with Crippen LogP contribution >= 0.6 is 11.8 Å². The Bertz CT molecular complexity index is 242. The Morgan fingerprint density at radius 1 is 1.31 bits per heavy atom. The monoisotopic (exact) mass is 194 g/mol. The minimum absolute atomic E-state index is 0.722. The van der Waals surface area contributed by atoms with E-state index < -0.39 is 0 Å². The van der Waals surface area contributed by atoms with Gasteiger partial charge in [0.25, 0.3) is 0 Å². The lowest BCUT2D eigenvalue weighted by molar-refractivity contribution is 0.315. The molecule has 1 aromatic carbocycles. The van der Waals surface area contributed by atoms with Gasteiger partial charge >= 0.3 is 0 Å². The lowest BCUT2D eigenvalue weighted by Gasteiger charge is -2.10. The molecule has 2 rings (SSSR count). The average molecular weight is 194 g/mol. The highest BCUT2D eigenvalue weighted by atomic mass is 32.2. The largest absolute Gasteiger partial charge is 0.492 e. The predicted octanol–water partition coefficient (Wildman–Crippen LogP) is 2.96. The molecule has 1 aromatic rings. The molecule has 0 bridgehead atoms. The third-order valence-electron chi connectivity index (χ3n) is 2.20. The molecule has 70 valence electrons. The van der Waals surface area contributed by atoms with E-state index in [1.807, 2.05) is 42.1 Å². The molecule has 1 nitrogen and oxygen atoms in total. The number of hydrogen-bond donors (Lipinski definition) is 0. The fourth-order valence-electron chi connectivity index (χ4n) is 1.48. The zero-order valence-electron chi connectivity index (χ0n) is 7.61. The molecule has 0 aliphatic carbocycles. The molecule has 1 fully saturated rings. The van der Waals surface area contributed by atoms with Gasteiger partial charge in [-0.3, -0.25) is 0 Å². The summed E-state index contributed by atoms with van der Waals surface area (Å²) in [4.78, 5) is 0. The van der Waals surface area contributed by atoms with Crippen molar-refractivity contribution in [2.45, 2.75) is 18.1 Å². The first-order valence-electron chi connectivity index (χ1n) is 4.74. The van der Waals surface area contributed by atoms with Crippen LogP contribution in [-0.4, -0.2) is 17.6 Å². The van der Waals surface area contributed by atoms with Crippen LogP contribution in [0.4, 0.5) is 0 Å². The SMILES string of the molecule is c1ccc(OCC2CCCS2)cc1. The van der Waals surface area contributed by atoms with Crippen molar-refractivity contribution in [3.8, 4) is 5.75 Å². The Balaban J connectivity index is 1.79.